The lowest BCUT2D eigenvalue weighted by Gasteiger charge is -2.32. The molecule has 0 saturated heterocycles. The van der Waals surface area contributed by atoms with Crippen LogP contribution in [0.1, 0.15) is 25.6 Å². The molecule has 1 heterocycles. The zero-order valence-corrected chi connectivity index (χ0v) is 11.4. The van der Waals surface area contributed by atoms with Crippen LogP contribution in [0, 0.1) is 0 Å². The van der Waals surface area contributed by atoms with E-state index in [0.29, 0.717) is 17.5 Å². The summed E-state index contributed by atoms with van der Waals surface area (Å²) in [4.78, 5) is 8.44. The topological polar surface area (TPSA) is 91.5 Å². The lowest BCUT2D eigenvalue weighted by Crippen LogP contribution is -2.44. The van der Waals surface area contributed by atoms with E-state index in [2.05, 4.69) is 15.4 Å². The first-order valence-electron chi connectivity index (χ1n) is 5.46. The number of nitrogens with zero attached hydrogens (tertiary/aromatic N) is 2. The number of hydrazine groups is 1. The molecule has 0 aliphatic rings. The normalized spacial score (nSPS) is 13.2. The zero-order chi connectivity index (χ0) is 13.8. The molecule has 18 heavy (non-hydrogen) atoms. The number of aromatic nitrogens is 2. The van der Waals surface area contributed by atoms with Gasteiger partial charge in [0.05, 0.1) is 32.1 Å². The minimum absolute atomic E-state index is 0.349. The van der Waals surface area contributed by atoms with Crippen LogP contribution >= 0.6 is 0 Å². The van der Waals surface area contributed by atoms with E-state index in [1.54, 1.807) is 7.11 Å². The number of rotatable bonds is 6. The molecule has 3 N–H and O–H groups in total. The second-order valence-corrected chi connectivity index (χ2v) is 4.21. The van der Waals surface area contributed by atoms with Crippen LogP contribution in [0.15, 0.2) is 6.20 Å². The maximum Gasteiger partial charge on any atom is 0.240 e. The molecular weight excluding hydrogens is 236 g/mol. The number of nitrogens with one attached hydrogen (secondary N) is 1. The predicted octanol–water partition coefficient (Wildman–Crippen LogP) is 0.423. The SMILES string of the molecule is COc1cnc(C(NN)C(C)(C)OC)c(OC)n1. The quantitative estimate of drug-likeness (QED) is 0.563. The first-order valence-corrected chi connectivity index (χ1v) is 5.46. The molecule has 0 spiro atoms. The fourth-order valence-electron chi connectivity index (χ4n) is 1.54. The van der Waals surface area contributed by atoms with Gasteiger partial charge in [-0.1, -0.05) is 0 Å². The summed E-state index contributed by atoms with van der Waals surface area (Å²) in [6, 6.07) is -0.365. The van der Waals surface area contributed by atoms with Crippen molar-refractivity contribution < 1.29 is 14.2 Å². The highest BCUT2D eigenvalue weighted by Gasteiger charge is 2.34. The van der Waals surface area contributed by atoms with E-state index in [0.717, 1.165) is 0 Å². The molecule has 1 aromatic heterocycles. The smallest absolute Gasteiger partial charge is 0.240 e. The molecule has 0 amide bonds. The average Bonchev–Trinajstić information content (AvgIpc) is 2.39. The first kappa shape index (κ1) is 14.6. The lowest BCUT2D eigenvalue weighted by molar-refractivity contribution is -0.0131. The Morgan fingerprint density at radius 2 is 1.94 bits per heavy atom. The Bertz CT molecular complexity index is 398. The largest absolute Gasteiger partial charge is 0.480 e. The van der Waals surface area contributed by atoms with Gasteiger partial charge in [-0.3, -0.25) is 5.84 Å². The summed E-state index contributed by atoms with van der Waals surface area (Å²) in [5.74, 6) is 6.30. The van der Waals surface area contributed by atoms with Crippen molar-refractivity contribution in [3.8, 4) is 11.8 Å². The molecule has 1 atom stereocenters. The van der Waals surface area contributed by atoms with Gasteiger partial charge >= 0.3 is 0 Å². The number of hydrogen-bond donors (Lipinski definition) is 2. The van der Waals surface area contributed by atoms with Crippen LogP contribution in [0.2, 0.25) is 0 Å². The van der Waals surface area contributed by atoms with Crippen LogP contribution in [0.3, 0.4) is 0 Å². The van der Waals surface area contributed by atoms with Crippen LogP contribution in [0.4, 0.5) is 0 Å². The van der Waals surface area contributed by atoms with Gasteiger partial charge in [-0.2, -0.15) is 4.98 Å². The third-order valence-electron chi connectivity index (χ3n) is 2.81. The fraction of sp³-hybridized carbons (Fsp3) is 0.636. The van der Waals surface area contributed by atoms with Crippen LogP contribution < -0.4 is 20.7 Å². The molecule has 0 aliphatic heterocycles. The number of nitrogens with two attached hydrogens (primary N) is 1. The number of hydrogen-bond acceptors (Lipinski definition) is 7. The van der Waals surface area contributed by atoms with Gasteiger partial charge in [0.15, 0.2) is 0 Å². The van der Waals surface area contributed by atoms with E-state index in [1.165, 1.54) is 20.4 Å². The second kappa shape index (κ2) is 5.94. The fourth-order valence-corrected chi connectivity index (χ4v) is 1.54. The molecule has 0 radical (unpaired) electrons. The van der Waals surface area contributed by atoms with Crippen molar-refractivity contribution in [2.45, 2.75) is 25.5 Å². The molecule has 0 bridgehead atoms. The Kier molecular flexibility index (Phi) is 4.83. The van der Waals surface area contributed by atoms with E-state index < -0.39 is 5.60 Å². The Morgan fingerprint density at radius 1 is 1.28 bits per heavy atom. The number of ether oxygens (including phenoxy) is 3. The third-order valence-corrected chi connectivity index (χ3v) is 2.81. The van der Waals surface area contributed by atoms with Gasteiger partial charge in [0, 0.05) is 7.11 Å². The van der Waals surface area contributed by atoms with Crippen molar-refractivity contribution in [2.24, 2.45) is 5.84 Å². The molecule has 0 fully saturated rings. The maximum atomic E-state index is 5.58. The lowest BCUT2D eigenvalue weighted by atomic mass is 9.96. The van der Waals surface area contributed by atoms with E-state index >= 15 is 0 Å². The van der Waals surface area contributed by atoms with Crippen molar-refractivity contribution >= 4 is 0 Å². The van der Waals surface area contributed by atoms with Crippen LogP contribution in [0.25, 0.3) is 0 Å². The first-order chi connectivity index (χ1) is 8.50. The van der Waals surface area contributed by atoms with Crippen molar-refractivity contribution in [1.29, 1.82) is 0 Å². The Labute approximate surface area is 107 Å². The molecule has 0 saturated carbocycles. The molecule has 1 unspecified atom stereocenters. The van der Waals surface area contributed by atoms with Crippen molar-refractivity contribution in [3.05, 3.63) is 11.9 Å². The molecule has 0 aromatic carbocycles. The average molecular weight is 256 g/mol. The predicted molar refractivity (Wildman–Crippen MR) is 66.3 cm³/mol. The van der Waals surface area contributed by atoms with Crippen LogP contribution in [0.5, 0.6) is 11.8 Å². The van der Waals surface area contributed by atoms with Gasteiger partial charge in [0.2, 0.25) is 11.8 Å². The Morgan fingerprint density at radius 3 is 2.39 bits per heavy atom. The Balaban J connectivity index is 3.21. The molecular formula is C11H20N4O3. The van der Waals surface area contributed by atoms with Gasteiger partial charge in [0.1, 0.15) is 5.69 Å². The standard InChI is InChI=1S/C11H20N4O3/c1-11(2,18-5)9(15-12)8-10(17-4)14-7(16-3)6-13-8/h6,9,15H,12H2,1-5H3. The van der Waals surface area contributed by atoms with Crippen molar-refractivity contribution in [1.82, 2.24) is 15.4 Å². The third kappa shape index (κ3) is 2.87. The summed E-state index contributed by atoms with van der Waals surface area (Å²) >= 11 is 0. The summed E-state index contributed by atoms with van der Waals surface area (Å²) in [6.07, 6.45) is 1.51. The van der Waals surface area contributed by atoms with Gasteiger partial charge in [-0.25, -0.2) is 10.4 Å². The van der Waals surface area contributed by atoms with E-state index in [-0.39, 0.29) is 6.04 Å². The van der Waals surface area contributed by atoms with Crippen LogP contribution in [-0.2, 0) is 4.74 Å². The van der Waals surface area contributed by atoms with E-state index in [4.69, 9.17) is 20.1 Å². The second-order valence-electron chi connectivity index (χ2n) is 4.21. The van der Waals surface area contributed by atoms with E-state index in [9.17, 15) is 0 Å². The molecule has 102 valence electrons. The highest BCUT2D eigenvalue weighted by Crippen LogP contribution is 2.31. The highest BCUT2D eigenvalue weighted by molar-refractivity contribution is 5.27. The molecule has 7 nitrogen and oxygen atoms in total. The number of methoxy groups -OCH3 is 3. The molecule has 1 aromatic rings. The molecule has 0 aliphatic carbocycles. The summed E-state index contributed by atoms with van der Waals surface area (Å²) in [5, 5.41) is 0. The van der Waals surface area contributed by atoms with Gasteiger partial charge in [-0.15, -0.1) is 0 Å². The summed E-state index contributed by atoms with van der Waals surface area (Å²) in [6.45, 7) is 3.78. The van der Waals surface area contributed by atoms with Gasteiger partial charge in [-0.05, 0) is 13.8 Å². The van der Waals surface area contributed by atoms with Crippen LogP contribution in [-0.4, -0.2) is 36.9 Å². The van der Waals surface area contributed by atoms with Crippen molar-refractivity contribution in [2.75, 3.05) is 21.3 Å². The van der Waals surface area contributed by atoms with Gasteiger partial charge < -0.3 is 14.2 Å². The molecule has 7 heteroatoms. The monoisotopic (exact) mass is 256 g/mol. The summed E-state index contributed by atoms with van der Waals surface area (Å²) in [7, 11) is 4.63. The van der Waals surface area contributed by atoms with Gasteiger partial charge in [0.25, 0.3) is 0 Å². The summed E-state index contributed by atoms with van der Waals surface area (Å²) in [5.41, 5.74) is 2.67. The minimum atomic E-state index is -0.564. The zero-order valence-electron chi connectivity index (χ0n) is 11.4. The maximum absolute atomic E-state index is 5.58. The minimum Gasteiger partial charge on any atom is -0.480 e. The van der Waals surface area contributed by atoms with Crippen molar-refractivity contribution in [3.63, 3.8) is 0 Å². The molecule has 1 rings (SSSR count). The summed E-state index contributed by atoms with van der Waals surface area (Å²) < 4.78 is 15.6. The Hall–Kier alpha value is -1.44. The highest BCUT2D eigenvalue weighted by atomic mass is 16.5. The van der Waals surface area contributed by atoms with E-state index in [1.807, 2.05) is 13.8 Å².